The van der Waals surface area contributed by atoms with Gasteiger partial charge in [-0.05, 0) is 30.2 Å². The molecule has 260 valence electrons. The van der Waals surface area contributed by atoms with Crippen LogP contribution in [0.1, 0.15) is 24.0 Å². The SMILES string of the molecule is COc1nc(-c2cccc(-c3cccc(-c4ccn5c(=O)c(CNCC(F)(F)CO)cnc5c4)c3Cl)c2Cl)ccc1CNC[C@H]1CCC(=O)N1. The number of ether oxygens (including phenoxy) is 1. The van der Waals surface area contributed by atoms with Crippen LogP contribution in [-0.4, -0.2) is 64.2 Å². The van der Waals surface area contributed by atoms with Gasteiger partial charge in [-0.2, -0.15) is 0 Å². The van der Waals surface area contributed by atoms with Gasteiger partial charge in [0.15, 0.2) is 0 Å². The Morgan fingerprint density at radius 2 is 1.68 bits per heavy atom. The first kappa shape index (κ1) is 35.4. The zero-order valence-corrected chi connectivity index (χ0v) is 28.5. The number of aromatic nitrogens is 3. The molecule has 14 heteroatoms. The number of hydrogen-bond donors (Lipinski definition) is 4. The van der Waals surface area contributed by atoms with Crippen LogP contribution in [0.25, 0.3) is 39.2 Å². The fourth-order valence-corrected chi connectivity index (χ4v) is 6.54. The van der Waals surface area contributed by atoms with Gasteiger partial charge in [-0.15, -0.1) is 0 Å². The van der Waals surface area contributed by atoms with Crippen molar-refractivity contribution in [1.82, 2.24) is 30.3 Å². The molecule has 3 aromatic heterocycles. The summed E-state index contributed by atoms with van der Waals surface area (Å²) in [5.41, 5.74) is 5.10. The van der Waals surface area contributed by atoms with Crippen LogP contribution in [0.4, 0.5) is 8.78 Å². The number of nitrogens with one attached hydrogen (secondary N) is 3. The number of alkyl halides is 2. The van der Waals surface area contributed by atoms with E-state index < -0.39 is 24.6 Å². The summed E-state index contributed by atoms with van der Waals surface area (Å²) in [6, 6.07) is 18.6. The van der Waals surface area contributed by atoms with Crippen molar-refractivity contribution < 1.29 is 23.4 Å². The van der Waals surface area contributed by atoms with Gasteiger partial charge in [0, 0.05) is 77.9 Å². The van der Waals surface area contributed by atoms with Crippen LogP contribution >= 0.6 is 23.2 Å². The lowest BCUT2D eigenvalue weighted by atomic mass is 9.97. The normalized spacial score (nSPS) is 14.7. The average Bonchev–Trinajstić information content (AvgIpc) is 3.54. The number of rotatable bonds is 13. The molecular weight excluding hydrogens is 689 g/mol. The van der Waals surface area contributed by atoms with Crippen molar-refractivity contribution >= 4 is 34.8 Å². The summed E-state index contributed by atoms with van der Waals surface area (Å²) in [5.74, 6) is -2.75. The first-order valence-corrected chi connectivity index (χ1v) is 16.7. The van der Waals surface area contributed by atoms with Crippen LogP contribution in [0.5, 0.6) is 5.88 Å². The van der Waals surface area contributed by atoms with Gasteiger partial charge < -0.3 is 25.8 Å². The Kier molecular flexibility index (Phi) is 10.7. The monoisotopic (exact) mass is 722 g/mol. The maximum atomic E-state index is 13.4. The van der Waals surface area contributed by atoms with Gasteiger partial charge in [-0.1, -0.05) is 65.7 Å². The standard InChI is InChI=1S/C36H34Cl2F2N6O4/c1-50-34-22(15-41-18-24-9-11-31(48)44-24)8-10-29(45-34)28-7-3-6-27(33(28)38)26-5-2-4-25(32(26)37)21-12-13-46-30(14-21)43-17-23(35(46)49)16-42-19-36(39,40)20-47/h2-8,10,12-14,17,24,41-42,47H,9,11,15-16,18-20H2,1H3,(H,44,48)/t24-/m1/s1. The highest BCUT2D eigenvalue weighted by atomic mass is 35.5. The molecule has 10 nitrogen and oxygen atoms in total. The molecule has 6 rings (SSSR count). The van der Waals surface area contributed by atoms with E-state index in [-0.39, 0.29) is 24.1 Å². The first-order chi connectivity index (χ1) is 24.1. The summed E-state index contributed by atoms with van der Waals surface area (Å²) in [6.07, 6.45) is 4.27. The molecule has 0 unspecified atom stereocenters. The van der Waals surface area contributed by atoms with Crippen LogP contribution in [0.15, 0.2) is 77.9 Å². The number of methoxy groups -OCH3 is 1. The van der Waals surface area contributed by atoms with Crippen molar-refractivity contribution in [2.45, 2.75) is 37.9 Å². The number of hydrogen-bond acceptors (Lipinski definition) is 8. The van der Waals surface area contributed by atoms with Crippen LogP contribution in [0.2, 0.25) is 10.0 Å². The van der Waals surface area contributed by atoms with E-state index in [1.54, 1.807) is 25.4 Å². The third-order valence-electron chi connectivity index (χ3n) is 8.51. The molecule has 50 heavy (non-hydrogen) atoms. The Morgan fingerprint density at radius 1 is 0.980 bits per heavy atom. The summed E-state index contributed by atoms with van der Waals surface area (Å²) >= 11 is 14.1. The second-order valence-corrected chi connectivity index (χ2v) is 12.7. The number of fused-ring (bicyclic) bond motifs is 1. The van der Waals surface area contributed by atoms with Gasteiger partial charge >= 0.3 is 0 Å². The van der Waals surface area contributed by atoms with E-state index in [9.17, 15) is 18.4 Å². The summed E-state index contributed by atoms with van der Waals surface area (Å²) in [4.78, 5) is 33.7. The number of pyridine rings is 2. The molecule has 4 heterocycles. The molecule has 1 fully saturated rings. The number of halogens is 4. The summed E-state index contributed by atoms with van der Waals surface area (Å²) in [6.45, 7) is -1.03. The first-order valence-electron chi connectivity index (χ1n) is 15.9. The molecule has 2 aromatic carbocycles. The summed E-state index contributed by atoms with van der Waals surface area (Å²) < 4.78 is 33.7. The second-order valence-electron chi connectivity index (χ2n) is 12.0. The van der Waals surface area contributed by atoms with Gasteiger partial charge in [0.1, 0.15) is 12.3 Å². The third kappa shape index (κ3) is 7.64. The lowest BCUT2D eigenvalue weighted by Gasteiger charge is -2.16. The zero-order chi connectivity index (χ0) is 35.4. The van der Waals surface area contributed by atoms with Gasteiger partial charge in [-0.25, -0.2) is 18.7 Å². The molecule has 1 aliphatic rings. The van der Waals surface area contributed by atoms with Crippen molar-refractivity contribution in [3.63, 3.8) is 0 Å². The minimum absolute atomic E-state index is 0.0764. The van der Waals surface area contributed by atoms with E-state index in [1.807, 2.05) is 48.5 Å². The molecule has 0 saturated carbocycles. The predicted octanol–water partition coefficient (Wildman–Crippen LogP) is 5.49. The number of carbonyl (C=O) groups is 1. The van der Waals surface area contributed by atoms with Gasteiger partial charge in [0.25, 0.3) is 11.5 Å². The Morgan fingerprint density at radius 3 is 2.38 bits per heavy atom. The zero-order valence-electron chi connectivity index (χ0n) is 27.0. The van der Waals surface area contributed by atoms with Crippen molar-refractivity contribution in [3.8, 4) is 39.4 Å². The number of aliphatic hydroxyl groups excluding tert-OH is 1. The van der Waals surface area contributed by atoms with Crippen LogP contribution < -0.4 is 26.2 Å². The van der Waals surface area contributed by atoms with Gasteiger partial charge in [0.2, 0.25) is 11.8 Å². The minimum atomic E-state index is -3.29. The second kappa shape index (κ2) is 15.2. The minimum Gasteiger partial charge on any atom is -0.481 e. The third-order valence-corrected chi connectivity index (χ3v) is 9.32. The molecule has 0 radical (unpaired) electrons. The summed E-state index contributed by atoms with van der Waals surface area (Å²) in [7, 11) is 1.56. The van der Waals surface area contributed by atoms with E-state index in [0.717, 1.165) is 12.0 Å². The topological polar surface area (TPSA) is 130 Å². The molecule has 0 spiro atoms. The van der Waals surface area contributed by atoms with E-state index in [0.29, 0.717) is 74.6 Å². The van der Waals surface area contributed by atoms with Crippen LogP contribution in [0, 0.1) is 0 Å². The lowest BCUT2D eigenvalue weighted by molar-refractivity contribution is -0.119. The number of carbonyl (C=O) groups excluding carboxylic acids is 1. The van der Waals surface area contributed by atoms with Gasteiger partial charge in [-0.3, -0.25) is 14.0 Å². The number of nitrogens with zero attached hydrogens (tertiary/aromatic N) is 3. The van der Waals surface area contributed by atoms with Crippen molar-refractivity contribution in [3.05, 3.63) is 105 Å². The Hall–Kier alpha value is -4.46. The van der Waals surface area contributed by atoms with Crippen LogP contribution in [-0.2, 0) is 17.9 Å². The molecule has 0 aliphatic carbocycles. The molecule has 0 bridgehead atoms. The summed E-state index contributed by atoms with van der Waals surface area (Å²) in [5, 5.41) is 18.5. The van der Waals surface area contributed by atoms with Crippen LogP contribution in [0.3, 0.4) is 0 Å². The van der Waals surface area contributed by atoms with Crippen molar-refractivity contribution in [1.29, 1.82) is 0 Å². The fourth-order valence-electron chi connectivity index (χ4n) is 5.88. The molecule has 1 amide bonds. The molecular formula is C36H34Cl2F2N6O4. The number of aliphatic hydroxyl groups is 1. The van der Waals surface area contributed by atoms with Crippen molar-refractivity contribution in [2.75, 3.05) is 26.8 Å². The fraction of sp³-hybridized carbons (Fsp3) is 0.278. The lowest BCUT2D eigenvalue weighted by Crippen LogP contribution is -2.36. The smallest absolute Gasteiger partial charge is 0.282 e. The Bertz CT molecular complexity index is 2110. The Balaban J connectivity index is 1.24. The predicted molar refractivity (Wildman–Crippen MR) is 189 cm³/mol. The highest BCUT2D eigenvalue weighted by Gasteiger charge is 2.27. The molecule has 4 N–H and O–H groups in total. The largest absolute Gasteiger partial charge is 0.481 e. The molecule has 1 saturated heterocycles. The van der Waals surface area contributed by atoms with E-state index >= 15 is 0 Å². The van der Waals surface area contributed by atoms with E-state index in [2.05, 4.69) is 20.9 Å². The highest BCUT2D eigenvalue weighted by molar-refractivity contribution is 6.39. The van der Waals surface area contributed by atoms with E-state index in [1.165, 1.54) is 10.6 Å². The Labute approximate surface area is 296 Å². The maximum Gasteiger partial charge on any atom is 0.282 e. The number of benzene rings is 2. The van der Waals surface area contributed by atoms with Gasteiger partial charge in [0.05, 0.1) is 29.4 Å². The van der Waals surface area contributed by atoms with E-state index in [4.69, 9.17) is 38.0 Å². The highest BCUT2D eigenvalue weighted by Crippen LogP contribution is 2.42. The number of amides is 1. The molecule has 1 atom stereocenters. The average molecular weight is 724 g/mol. The molecule has 5 aromatic rings. The quantitative estimate of drug-likeness (QED) is 0.126. The maximum absolute atomic E-state index is 13.4. The van der Waals surface area contributed by atoms with Crippen molar-refractivity contribution in [2.24, 2.45) is 0 Å². The molecule has 1 aliphatic heterocycles.